The number of hydrogen-bond acceptors (Lipinski definition) is 7. The normalized spacial score (nSPS) is 19.2. The Labute approximate surface area is 240 Å². The lowest BCUT2D eigenvalue weighted by atomic mass is 10.0. The summed E-state index contributed by atoms with van der Waals surface area (Å²) in [6.07, 6.45) is 0.449. The van der Waals surface area contributed by atoms with Crippen LogP contribution in [0.25, 0.3) is 6.08 Å². The third-order valence-electron chi connectivity index (χ3n) is 7.28. The quantitative estimate of drug-likeness (QED) is 0.211. The highest BCUT2D eigenvalue weighted by Crippen LogP contribution is 2.29. The van der Waals surface area contributed by atoms with E-state index in [1.54, 1.807) is 54.6 Å². The minimum absolute atomic E-state index is 0.0124. The summed E-state index contributed by atoms with van der Waals surface area (Å²) < 4.78 is 44.4. The second kappa shape index (κ2) is 12.7. The van der Waals surface area contributed by atoms with E-state index in [0.29, 0.717) is 48.9 Å². The molecule has 42 heavy (non-hydrogen) atoms. The first kappa shape index (κ1) is 29.2. The molecule has 0 spiro atoms. The van der Waals surface area contributed by atoms with Crippen LogP contribution in [0.3, 0.4) is 0 Å². The number of nitrogens with one attached hydrogen (secondary N) is 3. The summed E-state index contributed by atoms with van der Waals surface area (Å²) in [6.45, 7) is 2.78. The standard InChI is InChI=1S/C30H31F3N6O3/c31-30(32,33)21-10-11-26(36-16-21)38-29(41)28(35-13-14-39-17-23-15-22(39)18-42-23)20-8-5-19(6-9-20)7-12-27(40)37-25-4-2-1-3-24(25)34/h1-12,16,22-23,28,35H,13-15,17-18,34H2,(H,37,40)(H,36,38,41). The monoisotopic (exact) mass is 580 g/mol. The topological polar surface area (TPSA) is 122 Å². The molecule has 0 aliphatic carbocycles. The Bertz CT molecular complexity index is 1430. The number of rotatable bonds is 10. The molecule has 5 N–H and O–H groups in total. The number of carbonyl (C=O) groups is 2. The van der Waals surface area contributed by atoms with Crippen LogP contribution in [0.15, 0.2) is 72.9 Å². The van der Waals surface area contributed by atoms with Crippen molar-refractivity contribution in [1.82, 2.24) is 15.2 Å². The van der Waals surface area contributed by atoms with Gasteiger partial charge in [0.15, 0.2) is 0 Å². The first-order valence-corrected chi connectivity index (χ1v) is 13.5. The molecule has 0 radical (unpaired) electrons. The number of carbonyl (C=O) groups excluding carboxylic acids is 2. The molecule has 2 saturated heterocycles. The summed E-state index contributed by atoms with van der Waals surface area (Å²) in [5.41, 5.74) is 7.31. The predicted molar refractivity (Wildman–Crippen MR) is 153 cm³/mol. The number of aromatic nitrogens is 1. The van der Waals surface area contributed by atoms with E-state index >= 15 is 0 Å². The molecule has 3 heterocycles. The number of ether oxygens (including phenoxy) is 1. The summed E-state index contributed by atoms with van der Waals surface area (Å²) in [5.74, 6) is -0.795. The third kappa shape index (κ3) is 7.32. The van der Waals surface area contributed by atoms with Gasteiger partial charge in [-0.15, -0.1) is 0 Å². The van der Waals surface area contributed by atoms with Crippen LogP contribution in [0.4, 0.5) is 30.4 Å². The van der Waals surface area contributed by atoms with Gasteiger partial charge in [-0.05, 0) is 47.9 Å². The summed E-state index contributed by atoms with van der Waals surface area (Å²) in [7, 11) is 0. The molecule has 3 atom stereocenters. The van der Waals surface area contributed by atoms with Gasteiger partial charge in [0.05, 0.1) is 29.6 Å². The van der Waals surface area contributed by atoms with Gasteiger partial charge in [-0.3, -0.25) is 14.5 Å². The highest BCUT2D eigenvalue weighted by Gasteiger charge is 2.38. The number of anilines is 3. The summed E-state index contributed by atoms with van der Waals surface area (Å²) in [4.78, 5) is 31.7. The summed E-state index contributed by atoms with van der Waals surface area (Å²) in [6, 6.07) is 15.6. The second-order valence-electron chi connectivity index (χ2n) is 10.2. The first-order chi connectivity index (χ1) is 20.2. The molecule has 2 aliphatic rings. The number of amides is 2. The van der Waals surface area contributed by atoms with E-state index in [9.17, 15) is 22.8 Å². The van der Waals surface area contributed by atoms with Crippen LogP contribution in [0, 0.1) is 0 Å². The van der Waals surface area contributed by atoms with E-state index in [4.69, 9.17) is 10.5 Å². The molecular weight excluding hydrogens is 549 g/mol. The van der Waals surface area contributed by atoms with E-state index in [0.717, 1.165) is 30.7 Å². The van der Waals surface area contributed by atoms with Gasteiger partial charge in [0.2, 0.25) is 11.8 Å². The van der Waals surface area contributed by atoms with Crippen molar-refractivity contribution in [3.8, 4) is 0 Å². The Hall–Kier alpha value is -4.26. The second-order valence-corrected chi connectivity index (χ2v) is 10.2. The average molecular weight is 581 g/mol. The SMILES string of the molecule is Nc1ccccc1NC(=O)C=Cc1ccc(C(NCCN2CC3CC2CO3)C(=O)Nc2ccc(C(F)(F)F)cn2)cc1. The van der Waals surface area contributed by atoms with Crippen LogP contribution < -0.4 is 21.7 Å². The van der Waals surface area contributed by atoms with Gasteiger partial charge in [-0.2, -0.15) is 13.2 Å². The number of benzene rings is 2. The Kier molecular flexibility index (Phi) is 8.86. The molecule has 9 nitrogen and oxygen atoms in total. The third-order valence-corrected chi connectivity index (χ3v) is 7.28. The van der Waals surface area contributed by atoms with Crippen molar-refractivity contribution in [2.75, 3.05) is 42.6 Å². The molecule has 2 amide bonds. The van der Waals surface area contributed by atoms with Crippen molar-refractivity contribution in [3.05, 3.63) is 89.6 Å². The van der Waals surface area contributed by atoms with Crippen molar-refractivity contribution in [1.29, 1.82) is 0 Å². The number of fused-ring (bicyclic) bond motifs is 2. The fourth-order valence-electron chi connectivity index (χ4n) is 5.06. The zero-order valence-corrected chi connectivity index (χ0v) is 22.6. The van der Waals surface area contributed by atoms with Crippen LogP contribution >= 0.6 is 0 Å². The van der Waals surface area contributed by atoms with Crippen molar-refractivity contribution < 1.29 is 27.5 Å². The number of likely N-dealkylation sites (tertiary alicyclic amines) is 1. The molecule has 3 unspecified atom stereocenters. The number of para-hydroxylation sites is 2. The minimum Gasteiger partial charge on any atom is -0.397 e. The van der Waals surface area contributed by atoms with Gasteiger partial charge in [0.25, 0.3) is 0 Å². The summed E-state index contributed by atoms with van der Waals surface area (Å²) in [5, 5.41) is 8.62. The minimum atomic E-state index is -4.52. The lowest BCUT2D eigenvalue weighted by molar-refractivity contribution is -0.137. The molecule has 2 aromatic carbocycles. The molecule has 220 valence electrons. The molecule has 3 aromatic rings. The molecule has 2 fully saturated rings. The number of morpholine rings is 1. The van der Waals surface area contributed by atoms with Crippen LogP contribution in [-0.4, -0.2) is 60.1 Å². The fourth-order valence-corrected chi connectivity index (χ4v) is 5.06. The molecule has 1 aromatic heterocycles. The highest BCUT2D eigenvalue weighted by atomic mass is 19.4. The maximum atomic E-state index is 13.3. The molecule has 5 rings (SSSR count). The van der Waals surface area contributed by atoms with Gasteiger partial charge in [-0.1, -0.05) is 36.4 Å². The number of halogens is 3. The van der Waals surface area contributed by atoms with Gasteiger partial charge < -0.3 is 26.4 Å². The van der Waals surface area contributed by atoms with Crippen molar-refractivity contribution in [2.45, 2.75) is 30.8 Å². The number of nitrogens with two attached hydrogens (primary N) is 1. The smallest absolute Gasteiger partial charge is 0.397 e. The van der Waals surface area contributed by atoms with Crippen LogP contribution in [-0.2, 0) is 20.5 Å². The van der Waals surface area contributed by atoms with Crippen LogP contribution in [0.5, 0.6) is 0 Å². The van der Waals surface area contributed by atoms with Crippen LogP contribution in [0.2, 0.25) is 0 Å². The van der Waals surface area contributed by atoms with E-state index in [1.807, 2.05) is 0 Å². The molecule has 2 bridgehead atoms. The Morgan fingerprint density at radius 3 is 2.52 bits per heavy atom. The Morgan fingerprint density at radius 2 is 1.88 bits per heavy atom. The fraction of sp³-hybridized carbons (Fsp3) is 0.300. The van der Waals surface area contributed by atoms with Crippen molar-refractivity contribution in [2.24, 2.45) is 0 Å². The predicted octanol–water partition coefficient (Wildman–Crippen LogP) is 4.08. The van der Waals surface area contributed by atoms with E-state index in [2.05, 4.69) is 25.8 Å². The number of nitrogen functional groups attached to an aromatic ring is 1. The van der Waals surface area contributed by atoms with Gasteiger partial charge >= 0.3 is 6.18 Å². The lowest BCUT2D eigenvalue weighted by Gasteiger charge is -2.27. The Morgan fingerprint density at radius 1 is 1.10 bits per heavy atom. The van der Waals surface area contributed by atoms with E-state index in [-0.39, 0.29) is 17.8 Å². The van der Waals surface area contributed by atoms with E-state index in [1.165, 1.54) is 6.08 Å². The molecular formula is C30H31F3N6O3. The van der Waals surface area contributed by atoms with Crippen molar-refractivity contribution in [3.63, 3.8) is 0 Å². The van der Waals surface area contributed by atoms with Crippen LogP contribution in [0.1, 0.15) is 29.2 Å². The number of alkyl halides is 3. The highest BCUT2D eigenvalue weighted by molar-refractivity contribution is 6.03. The average Bonchev–Trinajstić information content (AvgIpc) is 3.59. The van der Waals surface area contributed by atoms with Gasteiger partial charge in [0, 0.05) is 37.9 Å². The molecule has 12 heteroatoms. The number of nitrogens with zero attached hydrogens (tertiary/aromatic N) is 2. The number of hydrogen-bond donors (Lipinski definition) is 4. The number of pyridine rings is 1. The molecule has 2 aliphatic heterocycles. The first-order valence-electron chi connectivity index (χ1n) is 13.5. The molecule has 0 saturated carbocycles. The van der Waals surface area contributed by atoms with Crippen molar-refractivity contribution >= 4 is 35.1 Å². The van der Waals surface area contributed by atoms with Gasteiger partial charge in [0.1, 0.15) is 11.9 Å². The summed E-state index contributed by atoms with van der Waals surface area (Å²) >= 11 is 0. The van der Waals surface area contributed by atoms with Gasteiger partial charge in [-0.25, -0.2) is 4.98 Å². The maximum Gasteiger partial charge on any atom is 0.417 e. The maximum absolute atomic E-state index is 13.3. The zero-order chi connectivity index (χ0) is 29.7. The zero-order valence-electron chi connectivity index (χ0n) is 22.6. The lowest BCUT2D eigenvalue weighted by Crippen LogP contribution is -2.43. The van der Waals surface area contributed by atoms with E-state index < -0.39 is 23.7 Å². The largest absolute Gasteiger partial charge is 0.417 e. The Balaban J connectivity index is 1.25.